The summed E-state index contributed by atoms with van der Waals surface area (Å²) in [7, 11) is 0. The van der Waals surface area contributed by atoms with Crippen molar-refractivity contribution in [1.29, 1.82) is 0 Å². The number of carboxylic acid groups (broad SMARTS) is 1. The Balaban J connectivity index is 1.53. The molecule has 1 heterocycles. The van der Waals surface area contributed by atoms with Crippen molar-refractivity contribution in [2.75, 3.05) is 11.9 Å². The highest BCUT2D eigenvalue weighted by molar-refractivity contribution is 6.30. The monoisotopic (exact) mass is 385 g/mol. The SMILES string of the molecule is O=C(C[C@H](NCCc1c[nH]c2ccccc12)C(=O)O)Nc1ccc(Cl)cc1. The van der Waals surface area contributed by atoms with Crippen molar-refractivity contribution in [3.05, 3.63) is 65.3 Å². The Morgan fingerprint density at radius 1 is 1.11 bits per heavy atom. The fraction of sp³-hybridized carbons (Fsp3) is 0.200. The van der Waals surface area contributed by atoms with Crippen LogP contribution >= 0.6 is 11.6 Å². The quantitative estimate of drug-likeness (QED) is 0.477. The molecule has 0 saturated heterocycles. The van der Waals surface area contributed by atoms with Gasteiger partial charge in [-0.15, -0.1) is 0 Å². The first-order valence-electron chi connectivity index (χ1n) is 8.59. The van der Waals surface area contributed by atoms with Crippen LogP contribution in [-0.2, 0) is 16.0 Å². The van der Waals surface area contributed by atoms with E-state index < -0.39 is 12.0 Å². The van der Waals surface area contributed by atoms with Gasteiger partial charge in [-0.1, -0.05) is 29.8 Å². The van der Waals surface area contributed by atoms with Crippen LogP contribution in [0.15, 0.2) is 54.7 Å². The Hall–Kier alpha value is -2.83. The number of amides is 1. The second-order valence-electron chi connectivity index (χ2n) is 6.21. The molecule has 27 heavy (non-hydrogen) atoms. The number of rotatable bonds is 8. The Bertz CT molecular complexity index is 937. The van der Waals surface area contributed by atoms with Crippen LogP contribution in [0.3, 0.4) is 0 Å². The first kappa shape index (κ1) is 18.9. The summed E-state index contributed by atoms with van der Waals surface area (Å²) in [5.41, 5.74) is 2.73. The number of aromatic nitrogens is 1. The summed E-state index contributed by atoms with van der Waals surface area (Å²) in [6.07, 6.45) is 2.42. The zero-order valence-corrected chi connectivity index (χ0v) is 15.3. The molecule has 0 fully saturated rings. The molecule has 1 aromatic heterocycles. The van der Waals surface area contributed by atoms with Gasteiger partial charge in [-0.25, -0.2) is 0 Å². The number of fused-ring (bicyclic) bond motifs is 1. The third-order valence-electron chi connectivity index (χ3n) is 4.28. The topological polar surface area (TPSA) is 94.2 Å². The predicted molar refractivity (Wildman–Crippen MR) is 106 cm³/mol. The summed E-state index contributed by atoms with van der Waals surface area (Å²) in [6.45, 7) is 0.451. The molecular weight excluding hydrogens is 366 g/mol. The molecule has 3 aromatic rings. The van der Waals surface area contributed by atoms with Gasteiger partial charge in [0.1, 0.15) is 6.04 Å². The minimum Gasteiger partial charge on any atom is -0.480 e. The lowest BCUT2D eigenvalue weighted by atomic mass is 10.1. The van der Waals surface area contributed by atoms with Crippen molar-refractivity contribution in [2.24, 2.45) is 0 Å². The third kappa shape index (κ3) is 5.09. The maximum atomic E-state index is 12.1. The highest BCUT2D eigenvalue weighted by Gasteiger charge is 2.20. The van der Waals surface area contributed by atoms with Crippen molar-refractivity contribution >= 4 is 40.1 Å². The summed E-state index contributed by atoms with van der Waals surface area (Å²) in [6, 6.07) is 13.6. The lowest BCUT2D eigenvalue weighted by molar-refractivity contribution is -0.141. The molecule has 140 valence electrons. The first-order valence-corrected chi connectivity index (χ1v) is 8.97. The Labute approximate surface area is 161 Å². The minimum atomic E-state index is -1.06. The molecule has 1 atom stereocenters. The van der Waals surface area contributed by atoms with E-state index in [0.717, 1.165) is 16.5 Å². The molecule has 0 saturated carbocycles. The number of hydrogen-bond acceptors (Lipinski definition) is 3. The van der Waals surface area contributed by atoms with Crippen molar-refractivity contribution in [3.63, 3.8) is 0 Å². The molecule has 0 unspecified atom stereocenters. The fourth-order valence-electron chi connectivity index (χ4n) is 2.90. The second-order valence-corrected chi connectivity index (χ2v) is 6.65. The standard InChI is InChI=1S/C20H20ClN3O3/c21-14-5-7-15(8-6-14)24-19(25)11-18(20(26)27)22-10-9-13-12-23-17-4-2-1-3-16(13)17/h1-8,12,18,22-23H,9-11H2,(H,24,25)(H,26,27)/t18-/m0/s1. The van der Waals surface area contributed by atoms with Gasteiger partial charge in [0, 0.05) is 34.4 Å². The van der Waals surface area contributed by atoms with Crippen molar-refractivity contribution in [1.82, 2.24) is 10.3 Å². The first-order chi connectivity index (χ1) is 13.0. The average molecular weight is 386 g/mol. The van der Waals surface area contributed by atoms with Gasteiger partial charge in [0.2, 0.25) is 5.91 Å². The molecule has 6 nitrogen and oxygen atoms in total. The number of benzene rings is 2. The summed E-state index contributed by atoms with van der Waals surface area (Å²) in [4.78, 5) is 26.8. The number of halogens is 1. The molecule has 7 heteroatoms. The van der Waals surface area contributed by atoms with Gasteiger partial charge < -0.3 is 20.7 Å². The third-order valence-corrected chi connectivity index (χ3v) is 4.53. The van der Waals surface area contributed by atoms with E-state index in [1.165, 1.54) is 0 Å². The van der Waals surface area contributed by atoms with Crippen molar-refractivity contribution in [2.45, 2.75) is 18.9 Å². The molecule has 0 radical (unpaired) electrons. The number of anilines is 1. The molecule has 0 bridgehead atoms. The molecule has 0 aliphatic carbocycles. The van der Waals surface area contributed by atoms with E-state index in [4.69, 9.17) is 11.6 Å². The fourth-order valence-corrected chi connectivity index (χ4v) is 3.02. The lowest BCUT2D eigenvalue weighted by Crippen LogP contribution is -2.40. The zero-order valence-electron chi connectivity index (χ0n) is 14.5. The van der Waals surface area contributed by atoms with Gasteiger partial charge in [0.15, 0.2) is 0 Å². The Morgan fingerprint density at radius 3 is 2.59 bits per heavy atom. The second kappa shape index (κ2) is 8.70. The molecule has 4 N–H and O–H groups in total. The maximum Gasteiger partial charge on any atom is 0.321 e. The lowest BCUT2D eigenvalue weighted by Gasteiger charge is -2.14. The number of carboxylic acids is 1. The predicted octanol–water partition coefficient (Wildman–Crippen LogP) is 3.44. The number of aliphatic carboxylic acids is 1. The Morgan fingerprint density at radius 2 is 1.85 bits per heavy atom. The van der Waals surface area contributed by atoms with E-state index in [1.807, 2.05) is 30.5 Å². The van der Waals surface area contributed by atoms with E-state index in [0.29, 0.717) is 23.7 Å². The van der Waals surface area contributed by atoms with Gasteiger partial charge in [-0.05, 0) is 42.3 Å². The highest BCUT2D eigenvalue weighted by atomic mass is 35.5. The van der Waals surface area contributed by atoms with E-state index in [9.17, 15) is 14.7 Å². The molecule has 1 amide bonds. The van der Waals surface area contributed by atoms with Crippen LogP contribution in [0.1, 0.15) is 12.0 Å². The van der Waals surface area contributed by atoms with E-state index >= 15 is 0 Å². The van der Waals surface area contributed by atoms with Gasteiger partial charge in [-0.2, -0.15) is 0 Å². The molecule has 3 rings (SSSR count). The molecule has 0 aliphatic rings. The summed E-state index contributed by atoms with van der Waals surface area (Å²) < 4.78 is 0. The summed E-state index contributed by atoms with van der Waals surface area (Å²) >= 11 is 5.81. The van der Waals surface area contributed by atoms with Crippen LogP contribution in [0.25, 0.3) is 10.9 Å². The molecular formula is C20H20ClN3O3. The van der Waals surface area contributed by atoms with Crippen LogP contribution < -0.4 is 10.6 Å². The number of hydrogen-bond donors (Lipinski definition) is 4. The van der Waals surface area contributed by atoms with E-state index in [2.05, 4.69) is 15.6 Å². The normalized spacial score (nSPS) is 12.0. The van der Waals surface area contributed by atoms with Crippen LogP contribution in [0.5, 0.6) is 0 Å². The number of para-hydroxylation sites is 1. The smallest absolute Gasteiger partial charge is 0.321 e. The van der Waals surface area contributed by atoms with Crippen LogP contribution in [-0.4, -0.2) is 34.6 Å². The van der Waals surface area contributed by atoms with Crippen molar-refractivity contribution in [3.8, 4) is 0 Å². The number of nitrogens with one attached hydrogen (secondary N) is 3. The molecule has 0 aliphatic heterocycles. The largest absolute Gasteiger partial charge is 0.480 e. The van der Waals surface area contributed by atoms with Gasteiger partial charge in [0.05, 0.1) is 6.42 Å². The van der Waals surface area contributed by atoms with Gasteiger partial charge in [-0.3, -0.25) is 9.59 Å². The summed E-state index contributed by atoms with van der Waals surface area (Å²) in [5.74, 6) is -1.43. The van der Waals surface area contributed by atoms with Crippen LogP contribution in [0.2, 0.25) is 5.02 Å². The van der Waals surface area contributed by atoms with Gasteiger partial charge in [0.25, 0.3) is 0 Å². The van der Waals surface area contributed by atoms with Gasteiger partial charge >= 0.3 is 5.97 Å². The molecule has 0 spiro atoms. The minimum absolute atomic E-state index is 0.161. The summed E-state index contributed by atoms with van der Waals surface area (Å²) in [5, 5.41) is 16.7. The number of carbonyl (C=O) groups is 2. The number of carbonyl (C=O) groups excluding carboxylic acids is 1. The average Bonchev–Trinajstić information content (AvgIpc) is 3.06. The molecule has 2 aromatic carbocycles. The van der Waals surface area contributed by atoms with E-state index in [-0.39, 0.29) is 12.3 Å². The van der Waals surface area contributed by atoms with Crippen LogP contribution in [0, 0.1) is 0 Å². The number of aromatic amines is 1. The van der Waals surface area contributed by atoms with Crippen LogP contribution in [0.4, 0.5) is 5.69 Å². The maximum absolute atomic E-state index is 12.1. The van der Waals surface area contributed by atoms with Crippen molar-refractivity contribution < 1.29 is 14.7 Å². The highest BCUT2D eigenvalue weighted by Crippen LogP contribution is 2.18. The van der Waals surface area contributed by atoms with E-state index in [1.54, 1.807) is 24.3 Å². The Kier molecular flexibility index (Phi) is 6.11. The number of H-pyrrole nitrogens is 1. The zero-order chi connectivity index (χ0) is 19.2.